The van der Waals surface area contributed by atoms with Crippen molar-refractivity contribution in [2.24, 2.45) is 0 Å². The van der Waals surface area contributed by atoms with Gasteiger partial charge in [0, 0.05) is 25.7 Å². The number of fused-ring (bicyclic) bond motifs is 1. The van der Waals surface area contributed by atoms with E-state index in [0.717, 1.165) is 41.1 Å². The molecule has 0 saturated heterocycles. The summed E-state index contributed by atoms with van der Waals surface area (Å²) in [5.74, 6) is 1.77. The van der Waals surface area contributed by atoms with Gasteiger partial charge >= 0.3 is 0 Å². The Kier molecular flexibility index (Phi) is 6.57. The molecule has 0 aliphatic carbocycles. The molecule has 6 nitrogen and oxygen atoms in total. The van der Waals surface area contributed by atoms with Gasteiger partial charge in [-0.1, -0.05) is 42.5 Å². The lowest BCUT2D eigenvalue weighted by molar-refractivity contribution is -0.120. The highest BCUT2D eigenvalue weighted by Crippen LogP contribution is 2.16. The zero-order valence-electron chi connectivity index (χ0n) is 17.6. The van der Waals surface area contributed by atoms with E-state index in [1.807, 2.05) is 42.5 Å². The van der Waals surface area contributed by atoms with Gasteiger partial charge in [-0.2, -0.15) is 0 Å². The summed E-state index contributed by atoms with van der Waals surface area (Å²) in [6.45, 7) is 1.15. The normalized spacial score (nSPS) is 10.9. The van der Waals surface area contributed by atoms with Crippen molar-refractivity contribution in [1.82, 2.24) is 19.9 Å². The van der Waals surface area contributed by atoms with Gasteiger partial charge in [0.25, 0.3) is 0 Å². The summed E-state index contributed by atoms with van der Waals surface area (Å²) in [6, 6.07) is 21.8. The molecule has 0 fully saturated rings. The quantitative estimate of drug-likeness (QED) is 0.455. The Morgan fingerprint density at radius 3 is 2.55 bits per heavy atom. The van der Waals surface area contributed by atoms with Crippen LogP contribution < -0.4 is 10.1 Å². The van der Waals surface area contributed by atoms with Crippen LogP contribution in [0.2, 0.25) is 0 Å². The van der Waals surface area contributed by atoms with Gasteiger partial charge in [-0.25, -0.2) is 9.97 Å². The summed E-state index contributed by atoms with van der Waals surface area (Å²) in [5.41, 5.74) is 3.98. The number of nitrogens with one attached hydrogen (secondary N) is 1. The first-order valence-electron chi connectivity index (χ1n) is 10.5. The lowest BCUT2D eigenvalue weighted by atomic mass is 10.1. The van der Waals surface area contributed by atoms with Gasteiger partial charge in [-0.05, 0) is 41.8 Å². The van der Waals surface area contributed by atoms with Crippen molar-refractivity contribution in [3.05, 3.63) is 89.9 Å². The van der Waals surface area contributed by atoms with Gasteiger partial charge in [0.15, 0.2) is 5.65 Å². The molecule has 0 saturated carbocycles. The van der Waals surface area contributed by atoms with Gasteiger partial charge in [0.1, 0.15) is 17.1 Å². The molecular weight excluding hydrogens is 388 g/mol. The molecule has 1 amide bonds. The van der Waals surface area contributed by atoms with Crippen molar-refractivity contribution in [2.75, 3.05) is 13.7 Å². The Labute approximate surface area is 181 Å². The average Bonchev–Trinajstić information content (AvgIpc) is 3.16. The molecule has 0 spiro atoms. The van der Waals surface area contributed by atoms with Crippen LogP contribution in [-0.4, -0.2) is 34.1 Å². The van der Waals surface area contributed by atoms with Crippen LogP contribution in [0.25, 0.3) is 11.2 Å². The van der Waals surface area contributed by atoms with Crippen LogP contribution in [0, 0.1) is 0 Å². The van der Waals surface area contributed by atoms with Gasteiger partial charge in [0.2, 0.25) is 5.91 Å². The minimum atomic E-state index is -0.00613. The number of rotatable bonds is 9. The largest absolute Gasteiger partial charge is 0.497 e. The summed E-state index contributed by atoms with van der Waals surface area (Å²) >= 11 is 0. The first-order valence-corrected chi connectivity index (χ1v) is 10.5. The maximum Gasteiger partial charge on any atom is 0.224 e. The Bertz CT molecular complexity index is 1140. The minimum Gasteiger partial charge on any atom is -0.497 e. The number of carbonyl (C=O) groups is 1. The van der Waals surface area contributed by atoms with Crippen LogP contribution in [0.4, 0.5) is 0 Å². The van der Waals surface area contributed by atoms with Crippen molar-refractivity contribution >= 4 is 17.1 Å². The second kappa shape index (κ2) is 9.89. The lowest BCUT2D eigenvalue weighted by Gasteiger charge is -2.10. The zero-order chi connectivity index (χ0) is 21.5. The molecule has 2 aromatic heterocycles. The summed E-state index contributed by atoms with van der Waals surface area (Å²) in [7, 11) is 1.63. The molecule has 6 heteroatoms. The number of pyridine rings is 1. The van der Waals surface area contributed by atoms with Gasteiger partial charge in [-0.15, -0.1) is 0 Å². The van der Waals surface area contributed by atoms with Gasteiger partial charge in [-0.3, -0.25) is 4.79 Å². The number of ether oxygens (including phenoxy) is 1. The third kappa shape index (κ3) is 5.28. The molecule has 0 bridgehead atoms. The van der Waals surface area contributed by atoms with E-state index in [0.29, 0.717) is 19.5 Å². The second-order valence-corrected chi connectivity index (χ2v) is 7.39. The van der Waals surface area contributed by atoms with Crippen LogP contribution >= 0.6 is 0 Å². The van der Waals surface area contributed by atoms with E-state index in [2.05, 4.69) is 39.1 Å². The molecule has 4 aromatic rings. The predicted molar refractivity (Wildman–Crippen MR) is 121 cm³/mol. The van der Waals surface area contributed by atoms with Gasteiger partial charge < -0.3 is 14.6 Å². The number of benzene rings is 2. The SMILES string of the molecule is COc1ccc(CC(=O)NCCn2c(CCc3ccccc3)nc3cccnc32)cc1. The maximum atomic E-state index is 12.4. The number of hydrogen-bond acceptors (Lipinski definition) is 4. The predicted octanol–water partition coefficient (Wildman–Crippen LogP) is 3.58. The fourth-order valence-electron chi connectivity index (χ4n) is 3.63. The minimum absolute atomic E-state index is 0.00613. The van der Waals surface area contributed by atoms with Crippen molar-refractivity contribution in [3.8, 4) is 5.75 Å². The van der Waals surface area contributed by atoms with Crippen LogP contribution in [0.15, 0.2) is 72.9 Å². The van der Waals surface area contributed by atoms with E-state index >= 15 is 0 Å². The number of nitrogens with zero attached hydrogens (tertiary/aromatic N) is 3. The van der Waals surface area contributed by atoms with E-state index in [4.69, 9.17) is 9.72 Å². The second-order valence-electron chi connectivity index (χ2n) is 7.39. The first-order chi connectivity index (χ1) is 15.2. The summed E-state index contributed by atoms with van der Waals surface area (Å²) in [6.07, 6.45) is 3.85. The van der Waals surface area contributed by atoms with E-state index in [1.54, 1.807) is 13.3 Å². The number of methoxy groups -OCH3 is 1. The lowest BCUT2D eigenvalue weighted by Crippen LogP contribution is -2.29. The standard InChI is InChI=1S/C25H26N4O2/c1-31-21-12-9-20(10-13-21)18-24(30)26-16-17-29-23(14-11-19-6-3-2-4-7-19)28-22-8-5-15-27-25(22)29/h2-10,12-13,15H,11,14,16-18H2,1H3,(H,26,30). The number of aromatic nitrogens is 3. The molecule has 31 heavy (non-hydrogen) atoms. The highest BCUT2D eigenvalue weighted by molar-refractivity contribution is 5.78. The van der Waals surface area contributed by atoms with Crippen LogP contribution in [0.5, 0.6) is 5.75 Å². The molecule has 0 unspecified atom stereocenters. The third-order valence-corrected chi connectivity index (χ3v) is 5.24. The fraction of sp³-hybridized carbons (Fsp3) is 0.240. The number of hydrogen-bond donors (Lipinski definition) is 1. The summed E-state index contributed by atoms with van der Waals surface area (Å²) in [4.78, 5) is 21.7. The molecule has 2 heterocycles. The van der Waals surface area contributed by atoms with E-state index in [-0.39, 0.29) is 5.91 Å². The number of aryl methyl sites for hydroxylation is 2. The number of carbonyl (C=O) groups excluding carboxylic acids is 1. The molecule has 2 aromatic carbocycles. The average molecular weight is 415 g/mol. The Balaban J connectivity index is 1.39. The Hall–Kier alpha value is -3.67. The molecule has 0 aliphatic heterocycles. The smallest absolute Gasteiger partial charge is 0.224 e. The number of imidazole rings is 1. The van der Waals surface area contributed by atoms with E-state index in [9.17, 15) is 4.79 Å². The van der Waals surface area contributed by atoms with E-state index < -0.39 is 0 Å². The molecule has 4 rings (SSSR count). The van der Waals surface area contributed by atoms with E-state index in [1.165, 1.54) is 5.56 Å². The maximum absolute atomic E-state index is 12.4. The van der Waals surface area contributed by atoms with Crippen molar-refractivity contribution in [3.63, 3.8) is 0 Å². The Morgan fingerprint density at radius 1 is 0.968 bits per heavy atom. The molecule has 0 atom stereocenters. The molecule has 158 valence electrons. The first kappa shape index (κ1) is 20.6. The van der Waals surface area contributed by atoms with Crippen LogP contribution in [-0.2, 0) is 30.6 Å². The highest BCUT2D eigenvalue weighted by Gasteiger charge is 2.12. The zero-order valence-corrected chi connectivity index (χ0v) is 17.6. The van der Waals surface area contributed by atoms with Crippen LogP contribution in [0.1, 0.15) is 17.0 Å². The fourth-order valence-corrected chi connectivity index (χ4v) is 3.63. The monoisotopic (exact) mass is 414 g/mol. The van der Waals surface area contributed by atoms with Gasteiger partial charge in [0.05, 0.1) is 13.5 Å². The van der Waals surface area contributed by atoms with Crippen LogP contribution in [0.3, 0.4) is 0 Å². The molecule has 1 N–H and O–H groups in total. The van der Waals surface area contributed by atoms with Crippen molar-refractivity contribution in [1.29, 1.82) is 0 Å². The highest BCUT2D eigenvalue weighted by atomic mass is 16.5. The topological polar surface area (TPSA) is 69.0 Å². The third-order valence-electron chi connectivity index (χ3n) is 5.24. The summed E-state index contributed by atoms with van der Waals surface area (Å²) < 4.78 is 7.28. The molecule has 0 aliphatic rings. The van der Waals surface area contributed by atoms with Crippen molar-refractivity contribution in [2.45, 2.75) is 25.8 Å². The molecule has 0 radical (unpaired) electrons. The Morgan fingerprint density at radius 2 is 1.77 bits per heavy atom. The molecular formula is C25H26N4O2. The number of amides is 1. The summed E-state index contributed by atoms with van der Waals surface area (Å²) in [5, 5.41) is 3.02. The van der Waals surface area contributed by atoms with Crippen molar-refractivity contribution < 1.29 is 9.53 Å².